The zero-order valence-electron chi connectivity index (χ0n) is 16.4. The molecule has 0 aromatic heterocycles. The van der Waals surface area contributed by atoms with Crippen LogP contribution in [0.15, 0.2) is 42.5 Å². The molecule has 29 heavy (non-hydrogen) atoms. The molecule has 1 unspecified atom stereocenters. The largest absolute Gasteiger partial charge is 0.481 e. The summed E-state index contributed by atoms with van der Waals surface area (Å²) in [5.41, 5.74) is 0.697. The smallest absolute Gasteiger partial charge is 0.261 e. The third kappa shape index (κ3) is 6.61. The van der Waals surface area contributed by atoms with E-state index in [1.165, 1.54) is 23.1 Å². The lowest BCUT2D eigenvalue weighted by Crippen LogP contribution is -2.50. The highest BCUT2D eigenvalue weighted by atomic mass is 35.5. The molecule has 0 aliphatic carbocycles. The first kappa shape index (κ1) is 23.0. The van der Waals surface area contributed by atoms with E-state index in [1.807, 2.05) is 13.8 Å². The molecule has 2 rings (SSSR count). The molecule has 2 aromatic rings. The second kappa shape index (κ2) is 10.5. The molecule has 0 aliphatic heterocycles. The normalized spacial score (nSPS) is 11.8. The lowest BCUT2D eigenvalue weighted by Gasteiger charge is -2.29. The second-order valence-corrected chi connectivity index (χ2v) is 7.64. The fourth-order valence-corrected chi connectivity index (χ4v) is 2.93. The highest BCUT2D eigenvalue weighted by Gasteiger charge is 2.27. The summed E-state index contributed by atoms with van der Waals surface area (Å²) in [7, 11) is 0. The van der Waals surface area contributed by atoms with Gasteiger partial charge in [-0.2, -0.15) is 0 Å². The van der Waals surface area contributed by atoms with Crippen LogP contribution in [0.25, 0.3) is 0 Å². The molecule has 0 saturated carbocycles. The highest BCUT2D eigenvalue weighted by molar-refractivity contribution is 6.42. The number of hydrogen-bond donors (Lipinski definition) is 1. The van der Waals surface area contributed by atoms with Crippen LogP contribution in [0.3, 0.4) is 0 Å². The van der Waals surface area contributed by atoms with Gasteiger partial charge in [0.05, 0.1) is 10.0 Å². The molecule has 0 saturated heterocycles. The number of benzene rings is 2. The number of nitrogens with zero attached hydrogens (tertiary/aromatic N) is 1. The van der Waals surface area contributed by atoms with Gasteiger partial charge in [-0.15, -0.1) is 0 Å². The molecule has 0 bridgehead atoms. The van der Waals surface area contributed by atoms with E-state index in [-0.39, 0.29) is 24.2 Å². The summed E-state index contributed by atoms with van der Waals surface area (Å²) in [4.78, 5) is 26.7. The number of ether oxygens (including phenoxy) is 1. The van der Waals surface area contributed by atoms with E-state index >= 15 is 0 Å². The van der Waals surface area contributed by atoms with Crippen LogP contribution in [0.5, 0.6) is 5.75 Å². The van der Waals surface area contributed by atoms with Crippen molar-refractivity contribution in [2.24, 2.45) is 0 Å². The lowest BCUT2D eigenvalue weighted by molar-refractivity contribution is -0.142. The first-order valence-corrected chi connectivity index (χ1v) is 9.85. The Bertz CT molecular complexity index is 877. The maximum atomic E-state index is 13.8. The van der Waals surface area contributed by atoms with Gasteiger partial charge in [0, 0.05) is 12.6 Å². The molecular formula is C21H23Cl2FN2O3. The average Bonchev–Trinajstić information content (AvgIpc) is 2.67. The molecule has 1 atom stereocenters. The Labute approximate surface area is 179 Å². The fourth-order valence-electron chi connectivity index (χ4n) is 2.61. The summed E-state index contributed by atoms with van der Waals surface area (Å²) in [6.07, 6.45) is 0. The Morgan fingerprint density at radius 1 is 1.10 bits per heavy atom. The monoisotopic (exact) mass is 440 g/mol. The van der Waals surface area contributed by atoms with Gasteiger partial charge in [-0.25, -0.2) is 4.39 Å². The van der Waals surface area contributed by atoms with Crippen LogP contribution in [0.4, 0.5) is 4.39 Å². The van der Waals surface area contributed by atoms with Gasteiger partial charge in [0.15, 0.2) is 18.2 Å². The summed E-state index contributed by atoms with van der Waals surface area (Å²) in [6, 6.07) is 9.93. The van der Waals surface area contributed by atoms with E-state index in [0.29, 0.717) is 15.6 Å². The van der Waals surface area contributed by atoms with Crippen LogP contribution in [0.1, 0.15) is 26.3 Å². The van der Waals surface area contributed by atoms with Gasteiger partial charge < -0.3 is 15.0 Å². The van der Waals surface area contributed by atoms with Crippen molar-refractivity contribution >= 4 is 35.0 Å². The van der Waals surface area contributed by atoms with Gasteiger partial charge in [0.25, 0.3) is 5.91 Å². The fraction of sp³-hybridized carbons (Fsp3) is 0.333. The number of amides is 2. The Hall–Kier alpha value is -2.31. The van der Waals surface area contributed by atoms with Gasteiger partial charge in [-0.1, -0.05) is 41.4 Å². The maximum absolute atomic E-state index is 13.8. The predicted molar refractivity (Wildman–Crippen MR) is 112 cm³/mol. The van der Waals surface area contributed by atoms with Crippen molar-refractivity contribution < 1.29 is 18.7 Å². The summed E-state index contributed by atoms with van der Waals surface area (Å²) in [5.74, 6) is -1.37. The molecule has 156 valence electrons. The SMILES string of the molecule is CC(C)NC(=O)C(C)N(Cc1ccc(Cl)c(Cl)c1)C(=O)COc1ccccc1F. The molecular weight excluding hydrogens is 418 g/mol. The van der Waals surface area contributed by atoms with Crippen molar-refractivity contribution in [2.45, 2.75) is 39.4 Å². The molecule has 0 spiro atoms. The van der Waals surface area contributed by atoms with Gasteiger partial charge in [-0.3, -0.25) is 9.59 Å². The van der Waals surface area contributed by atoms with Gasteiger partial charge >= 0.3 is 0 Å². The van der Waals surface area contributed by atoms with E-state index in [9.17, 15) is 14.0 Å². The first-order valence-electron chi connectivity index (χ1n) is 9.10. The standard InChI is InChI=1S/C21H23Cl2FN2O3/c1-13(2)25-21(28)14(3)26(11-15-8-9-16(22)17(23)10-15)20(27)12-29-19-7-5-4-6-18(19)24/h4-10,13-14H,11-12H2,1-3H3,(H,25,28). The minimum Gasteiger partial charge on any atom is -0.481 e. The van der Waals surface area contributed by atoms with Crippen molar-refractivity contribution in [2.75, 3.05) is 6.61 Å². The third-order valence-corrected chi connectivity index (χ3v) is 4.86. The van der Waals surface area contributed by atoms with Crippen molar-refractivity contribution in [3.05, 3.63) is 63.9 Å². The van der Waals surface area contributed by atoms with E-state index in [2.05, 4.69) is 5.32 Å². The van der Waals surface area contributed by atoms with Crippen molar-refractivity contribution in [1.29, 1.82) is 0 Å². The summed E-state index contributed by atoms with van der Waals surface area (Å²) >= 11 is 12.0. The number of carbonyl (C=O) groups is 2. The van der Waals surface area contributed by atoms with Gasteiger partial charge in [0.1, 0.15) is 6.04 Å². The number of carbonyl (C=O) groups excluding carboxylic acids is 2. The quantitative estimate of drug-likeness (QED) is 0.659. The van der Waals surface area contributed by atoms with Gasteiger partial charge in [-0.05, 0) is 50.6 Å². The highest BCUT2D eigenvalue weighted by Crippen LogP contribution is 2.24. The Morgan fingerprint density at radius 2 is 1.79 bits per heavy atom. The molecule has 0 aliphatic rings. The van der Waals surface area contributed by atoms with Crippen LogP contribution in [-0.4, -0.2) is 35.4 Å². The average molecular weight is 441 g/mol. The minimum atomic E-state index is -0.774. The Morgan fingerprint density at radius 3 is 2.41 bits per heavy atom. The molecule has 8 heteroatoms. The van der Waals surface area contributed by atoms with E-state index in [1.54, 1.807) is 31.2 Å². The van der Waals surface area contributed by atoms with Crippen LogP contribution in [-0.2, 0) is 16.1 Å². The van der Waals surface area contributed by atoms with Gasteiger partial charge in [0.2, 0.25) is 5.91 Å². The second-order valence-electron chi connectivity index (χ2n) is 6.83. The number of rotatable bonds is 8. The Kier molecular flexibility index (Phi) is 8.29. The molecule has 1 N–H and O–H groups in total. The first-order chi connectivity index (χ1) is 13.7. The molecule has 2 amide bonds. The van der Waals surface area contributed by atoms with E-state index < -0.39 is 24.4 Å². The number of hydrogen-bond acceptors (Lipinski definition) is 3. The van der Waals surface area contributed by atoms with Crippen LogP contribution < -0.4 is 10.1 Å². The summed E-state index contributed by atoms with van der Waals surface area (Å²) in [5, 5.41) is 3.52. The van der Waals surface area contributed by atoms with Crippen LogP contribution >= 0.6 is 23.2 Å². The summed E-state index contributed by atoms with van der Waals surface area (Å²) in [6.45, 7) is 4.98. The van der Waals surface area contributed by atoms with Crippen LogP contribution in [0, 0.1) is 5.82 Å². The third-order valence-electron chi connectivity index (χ3n) is 4.12. The van der Waals surface area contributed by atoms with Crippen molar-refractivity contribution in [1.82, 2.24) is 10.2 Å². The van der Waals surface area contributed by atoms with E-state index in [0.717, 1.165) is 0 Å². The zero-order valence-corrected chi connectivity index (χ0v) is 17.9. The minimum absolute atomic E-state index is 0.0328. The lowest BCUT2D eigenvalue weighted by atomic mass is 10.1. The molecule has 0 heterocycles. The predicted octanol–water partition coefficient (Wildman–Crippen LogP) is 4.45. The molecule has 2 aromatic carbocycles. The van der Waals surface area contributed by atoms with Crippen molar-refractivity contribution in [3.8, 4) is 5.75 Å². The molecule has 0 fully saturated rings. The molecule has 0 radical (unpaired) electrons. The number of nitrogens with one attached hydrogen (secondary N) is 1. The number of halogens is 3. The maximum Gasteiger partial charge on any atom is 0.261 e. The Balaban J connectivity index is 2.20. The zero-order chi connectivity index (χ0) is 21.6. The number of para-hydroxylation sites is 1. The topological polar surface area (TPSA) is 58.6 Å². The van der Waals surface area contributed by atoms with E-state index in [4.69, 9.17) is 27.9 Å². The summed E-state index contributed by atoms with van der Waals surface area (Å²) < 4.78 is 19.1. The van der Waals surface area contributed by atoms with Crippen LogP contribution in [0.2, 0.25) is 10.0 Å². The van der Waals surface area contributed by atoms with Crippen molar-refractivity contribution in [3.63, 3.8) is 0 Å². The molecule has 5 nitrogen and oxygen atoms in total.